The number of alkyl halides is 6. The molecule has 0 rings (SSSR count). The fourth-order valence-electron chi connectivity index (χ4n) is 0.0952. The lowest BCUT2D eigenvalue weighted by atomic mass is 10.4. The van der Waals surface area contributed by atoms with Crippen molar-refractivity contribution in [3.63, 3.8) is 0 Å². The average Bonchev–Trinajstić information content (AvgIpc) is 1.65. The smallest absolute Gasteiger partial charge is 0.203 e. The van der Waals surface area contributed by atoms with E-state index in [9.17, 15) is 17.6 Å². The monoisotopic (exact) mass is 228 g/mol. The Kier molecular flexibility index (Phi) is 3.22. The molecule has 0 N–H and O–H groups in total. The van der Waals surface area contributed by atoms with Crippen molar-refractivity contribution in [3.8, 4) is 0 Å². The zero-order chi connectivity index (χ0) is 7.65. The normalized spacial score (nSPS) is 16.3. The molecule has 1 atom stereocenters. The summed E-state index contributed by atoms with van der Waals surface area (Å²) < 4.78 is 43.9. The van der Waals surface area contributed by atoms with E-state index >= 15 is 0 Å². The first-order valence-corrected chi connectivity index (χ1v) is 3.18. The highest BCUT2D eigenvalue weighted by Crippen LogP contribution is 2.33. The molecule has 0 aromatic carbocycles. The second-order valence-corrected chi connectivity index (χ2v) is 3.16. The Labute approximate surface area is 62.3 Å². The third-order valence-corrected chi connectivity index (χ3v) is 1.48. The Morgan fingerprint density at radius 2 is 1.67 bits per heavy atom. The quantitative estimate of drug-likeness (QED) is 0.504. The van der Waals surface area contributed by atoms with E-state index in [-0.39, 0.29) is 0 Å². The van der Waals surface area contributed by atoms with Crippen LogP contribution in [0.4, 0.5) is 17.6 Å². The zero-order valence-electron chi connectivity index (χ0n) is 3.92. The van der Waals surface area contributed by atoms with Crippen LogP contribution in [0.15, 0.2) is 0 Å². The highest BCUT2D eigenvalue weighted by Gasteiger charge is 2.46. The molecule has 56 valence electrons. The third-order valence-electron chi connectivity index (χ3n) is 0.582. The fraction of sp³-hybridized carbons (Fsp3) is 1.00. The summed E-state index contributed by atoms with van der Waals surface area (Å²) in [6.45, 7) is 0. The van der Waals surface area contributed by atoms with Gasteiger partial charge in [0.15, 0.2) is 4.29 Å². The van der Waals surface area contributed by atoms with Gasteiger partial charge in [-0.2, -0.15) is 8.78 Å². The number of halogens is 6. The van der Waals surface area contributed by atoms with E-state index in [1.165, 1.54) is 0 Å². The van der Waals surface area contributed by atoms with Crippen molar-refractivity contribution in [2.45, 2.75) is 16.6 Å². The minimum absolute atomic E-state index is 2.01. The van der Waals surface area contributed by atoms with E-state index in [1.54, 1.807) is 0 Å². The maximum atomic E-state index is 11.7. The van der Waals surface area contributed by atoms with Crippen LogP contribution in [0.2, 0.25) is 0 Å². The van der Waals surface area contributed by atoms with Crippen LogP contribution < -0.4 is 0 Å². The second-order valence-electron chi connectivity index (χ2n) is 1.28. The molecular formula is C3H2BrClF4. The Bertz CT molecular complexity index is 83.8. The summed E-state index contributed by atoms with van der Waals surface area (Å²) in [6, 6.07) is 0. The SMILES string of the molecule is FC(F)C(F)(F)C(Cl)Br. The van der Waals surface area contributed by atoms with Crippen LogP contribution >= 0.6 is 27.5 Å². The van der Waals surface area contributed by atoms with Gasteiger partial charge in [0.1, 0.15) is 0 Å². The Morgan fingerprint density at radius 1 is 1.33 bits per heavy atom. The van der Waals surface area contributed by atoms with Crippen LogP contribution in [-0.2, 0) is 0 Å². The lowest BCUT2D eigenvalue weighted by Gasteiger charge is -2.15. The van der Waals surface area contributed by atoms with E-state index in [2.05, 4.69) is 27.5 Å². The van der Waals surface area contributed by atoms with Crippen LogP contribution in [0.1, 0.15) is 0 Å². The molecule has 1 unspecified atom stereocenters. The van der Waals surface area contributed by atoms with Crippen LogP contribution in [-0.4, -0.2) is 16.6 Å². The molecule has 6 heteroatoms. The van der Waals surface area contributed by atoms with Crippen molar-refractivity contribution >= 4 is 27.5 Å². The first-order chi connectivity index (χ1) is 3.89. The van der Waals surface area contributed by atoms with E-state index in [1.807, 2.05) is 0 Å². The first-order valence-electron chi connectivity index (χ1n) is 1.83. The predicted molar refractivity (Wildman–Crippen MR) is 29.5 cm³/mol. The van der Waals surface area contributed by atoms with Crippen molar-refractivity contribution in [2.24, 2.45) is 0 Å². The van der Waals surface area contributed by atoms with E-state index in [0.717, 1.165) is 0 Å². The average molecular weight is 229 g/mol. The summed E-state index contributed by atoms with van der Waals surface area (Å²) in [5.74, 6) is -4.15. The van der Waals surface area contributed by atoms with Gasteiger partial charge in [0, 0.05) is 0 Å². The Balaban J connectivity index is 4.01. The number of hydrogen-bond donors (Lipinski definition) is 0. The standard InChI is InChI=1S/C3H2BrClF4/c4-1(5)3(8,9)2(6)7/h1-2H. The van der Waals surface area contributed by atoms with Gasteiger partial charge in [-0.3, -0.25) is 0 Å². The molecule has 0 aromatic rings. The topological polar surface area (TPSA) is 0 Å². The highest BCUT2D eigenvalue weighted by atomic mass is 79.9. The van der Waals surface area contributed by atoms with Crippen molar-refractivity contribution in [2.75, 3.05) is 0 Å². The summed E-state index contributed by atoms with van der Waals surface area (Å²) in [4.78, 5) is 0. The predicted octanol–water partition coefficient (Wildman–Crippen LogP) is 2.85. The molecule has 0 spiro atoms. The first kappa shape index (κ1) is 9.49. The van der Waals surface area contributed by atoms with Gasteiger partial charge >= 0.3 is 12.3 Å². The minimum Gasteiger partial charge on any atom is -0.203 e. The molecular weight excluding hydrogens is 227 g/mol. The molecule has 0 aliphatic carbocycles. The maximum absolute atomic E-state index is 11.7. The van der Waals surface area contributed by atoms with E-state index in [0.29, 0.717) is 0 Å². The molecule has 0 aliphatic rings. The Morgan fingerprint density at radius 3 is 1.67 bits per heavy atom. The van der Waals surface area contributed by atoms with Crippen molar-refractivity contribution in [3.05, 3.63) is 0 Å². The van der Waals surface area contributed by atoms with Crippen LogP contribution in [0.5, 0.6) is 0 Å². The summed E-state index contributed by atoms with van der Waals surface area (Å²) in [7, 11) is 0. The molecule has 0 nitrogen and oxygen atoms in total. The number of hydrogen-bond acceptors (Lipinski definition) is 0. The van der Waals surface area contributed by atoms with E-state index in [4.69, 9.17) is 0 Å². The lowest BCUT2D eigenvalue weighted by molar-refractivity contribution is -0.115. The fourth-order valence-corrected chi connectivity index (χ4v) is 0.390. The molecule has 0 aliphatic heterocycles. The molecule has 0 saturated heterocycles. The summed E-state index contributed by atoms with van der Waals surface area (Å²) in [6.07, 6.45) is -3.72. The van der Waals surface area contributed by atoms with Gasteiger partial charge in [0.2, 0.25) is 0 Å². The molecule has 0 aromatic heterocycles. The largest absolute Gasteiger partial charge is 0.333 e. The van der Waals surface area contributed by atoms with Gasteiger partial charge in [-0.1, -0.05) is 15.9 Å². The molecule has 0 heterocycles. The van der Waals surface area contributed by atoms with Crippen LogP contribution in [0.25, 0.3) is 0 Å². The van der Waals surface area contributed by atoms with E-state index < -0.39 is 16.6 Å². The second kappa shape index (κ2) is 3.05. The molecule has 0 radical (unpaired) electrons. The van der Waals surface area contributed by atoms with Gasteiger partial charge in [0.05, 0.1) is 0 Å². The molecule has 0 bridgehead atoms. The lowest BCUT2D eigenvalue weighted by Crippen LogP contribution is -2.33. The molecule has 9 heavy (non-hydrogen) atoms. The van der Waals surface area contributed by atoms with Crippen molar-refractivity contribution < 1.29 is 17.6 Å². The summed E-state index contributed by atoms with van der Waals surface area (Å²) >= 11 is 6.78. The summed E-state index contributed by atoms with van der Waals surface area (Å²) in [5.41, 5.74) is 0. The van der Waals surface area contributed by atoms with Crippen LogP contribution in [0, 0.1) is 0 Å². The minimum atomic E-state index is -4.15. The molecule has 0 saturated carbocycles. The van der Waals surface area contributed by atoms with Crippen LogP contribution in [0.3, 0.4) is 0 Å². The summed E-state index contributed by atoms with van der Waals surface area (Å²) in [5, 5.41) is 0. The van der Waals surface area contributed by atoms with Gasteiger partial charge in [-0.05, 0) is 0 Å². The molecule has 0 amide bonds. The van der Waals surface area contributed by atoms with Gasteiger partial charge in [0.25, 0.3) is 0 Å². The van der Waals surface area contributed by atoms with Gasteiger partial charge in [-0.25, -0.2) is 8.78 Å². The molecule has 0 fully saturated rings. The van der Waals surface area contributed by atoms with Crippen molar-refractivity contribution in [1.82, 2.24) is 0 Å². The zero-order valence-corrected chi connectivity index (χ0v) is 6.26. The highest BCUT2D eigenvalue weighted by molar-refractivity contribution is 9.10. The van der Waals surface area contributed by atoms with Crippen molar-refractivity contribution in [1.29, 1.82) is 0 Å². The maximum Gasteiger partial charge on any atom is 0.333 e. The number of rotatable bonds is 2. The van der Waals surface area contributed by atoms with Gasteiger partial charge in [-0.15, -0.1) is 11.6 Å². The third kappa shape index (κ3) is 2.29. The van der Waals surface area contributed by atoms with Gasteiger partial charge < -0.3 is 0 Å². The Hall–Kier alpha value is 0.490.